The third-order valence-corrected chi connectivity index (χ3v) is 0. The van der Waals surface area contributed by atoms with Crippen molar-refractivity contribution >= 4 is 48.5 Å². The average molecular weight is 134 g/mol. The van der Waals surface area contributed by atoms with E-state index in [1.807, 2.05) is 0 Å². The maximum atomic E-state index is 9.56. The van der Waals surface area contributed by atoms with Crippen molar-refractivity contribution < 1.29 is 9.69 Å². The van der Waals surface area contributed by atoms with Crippen LogP contribution in [0.25, 0.3) is 0 Å². The first-order chi connectivity index (χ1) is 1.73. The van der Waals surface area contributed by atoms with Crippen molar-refractivity contribution in [3.63, 3.8) is 0 Å². The third kappa shape index (κ3) is 54.6. The molecule has 0 fully saturated rings. The summed E-state index contributed by atoms with van der Waals surface area (Å²) in [7, 11) is -0.611. The van der Waals surface area contributed by atoms with E-state index in [-0.39, 0.29) is 43.2 Å². The van der Waals surface area contributed by atoms with Crippen molar-refractivity contribution in [2.75, 3.05) is 12.5 Å². The first kappa shape index (κ1) is 15.7. The van der Waals surface area contributed by atoms with Gasteiger partial charge in [-0.2, -0.15) is 0 Å². The number of hydrogen-bond acceptors (Lipinski definition) is 1. The van der Waals surface area contributed by atoms with Gasteiger partial charge in [0.25, 0.3) is 0 Å². The van der Waals surface area contributed by atoms with E-state index in [9.17, 15) is 4.21 Å². The van der Waals surface area contributed by atoms with Gasteiger partial charge in [-0.25, -0.2) is 0 Å². The summed E-state index contributed by atoms with van der Waals surface area (Å²) in [5.41, 5.74) is 0. The van der Waals surface area contributed by atoms with E-state index in [4.69, 9.17) is 0 Å². The van der Waals surface area contributed by atoms with Gasteiger partial charge >= 0.3 is 37.7 Å². The topological polar surface area (TPSA) is 45.6 Å². The van der Waals surface area contributed by atoms with E-state index in [1.54, 1.807) is 12.5 Å². The maximum Gasteiger partial charge on any atom is 2.00 e. The van der Waals surface area contributed by atoms with E-state index in [0.717, 1.165) is 0 Å². The Morgan fingerprint density at radius 2 is 1.33 bits per heavy atom. The van der Waals surface area contributed by atoms with Crippen molar-refractivity contribution in [3.05, 3.63) is 0 Å². The largest absolute Gasteiger partial charge is 2.00 e. The molecule has 0 unspecified atom stereocenters. The Morgan fingerprint density at radius 3 is 1.33 bits per heavy atom. The molecule has 0 atom stereocenters. The van der Waals surface area contributed by atoms with Gasteiger partial charge in [0, 0.05) is 23.3 Å². The van der Waals surface area contributed by atoms with Crippen LogP contribution in [0.3, 0.4) is 0 Å². The Balaban J connectivity index is -0.0000000450. The van der Waals surface area contributed by atoms with Crippen LogP contribution in [0.1, 0.15) is 0 Å². The van der Waals surface area contributed by atoms with Gasteiger partial charge in [0.2, 0.25) is 0 Å². The summed E-state index contributed by atoms with van der Waals surface area (Å²) in [6, 6.07) is 0. The van der Waals surface area contributed by atoms with Gasteiger partial charge in [-0.1, -0.05) is 0 Å². The van der Waals surface area contributed by atoms with Crippen molar-refractivity contribution in [2.24, 2.45) is 0 Å². The molecule has 0 rings (SSSR count). The summed E-state index contributed by atoms with van der Waals surface area (Å²) in [6.07, 6.45) is 3.28. The summed E-state index contributed by atoms with van der Waals surface area (Å²) in [4.78, 5) is 0. The molecule has 0 heterocycles. The molecule has 0 N–H and O–H groups in total. The zero-order valence-electron chi connectivity index (χ0n) is 3.93. The zero-order chi connectivity index (χ0) is 3.58. The predicted octanol–water partition coefficient (Wildman–Crippen LogP) is -0.505. The SMILES string of the molecule is CS(C)=O.[Ca+2].[O-2]. The minimum absolute atomic E-state index is 0. The van der Waals surface area contributed by atoms with Crippen LogP contribution in [0, 0.1) is 0 Å². The molecule has 0 saturated carbocycles. The van der Waals surface area contributed by atoms with E-state index in [0.29, 0.717) is 0 Å². The van der Waals surface area contributed by atoms with Crippen molar-refractivity contribution in [1.29, 1.82) is 0 Å². The fraction of sp³-hybridized carbons (Fsp3) is 1.00. The number of rotatable bonds is 0. The molecule has 0 bridgehead atoms. The molecule has 4 heteroatoms. The van der Waals surface area contributed by atoms with Crippen LogP contribution in [0.15, 0.2) is 0 Å². The quantitative estimate of drug-likeness (QED) is 0.412. The van der Waals surface area contributed by atoms with Gasteiger partial charge in [-0.05, 0) is 0 Å². The van der Waals surface area contributed by atoms with Crippen LogP contribution >= 0.6 is 0 Å². The standard InChI is InChI=1S/C2H6OS.Ca.O/c1-4(2)3;;/h1-2H3;;/q;+2;-2. The smallest absolute Gasteiger partial charge is 2.00 e. The molecular weight excluding hydrogens is 128 g/mol. The van der Waals surface area contributed by atoms with Crippen LogP contribution in [0.2, 0.25) is 0 Å². The molecule has 0 aliphatic carbocycles. The monoisotopic (exact) mass is 134 g/mol. The van der Waals surface area contributed by atoms with Crippen LogP contribution in [0.4, 0.5) is 0 Å². The van der Waals surface area contributed by atoms with Gasteiger partial charge in [0.15, 0.2) is 0 Å². The summed E-state index contributed by atoms with van der Waals surface area (Å²) in [6.45, 7) is 0. The molecule has 0 aromatic carbocycles. The number of hydrogen-bond donors (Lipinski definition) is 0. The molecule has 0 aliphatic heterocycles. The molecule has 0 aromatic heterocycles. The van der Waals surface area contributed by atoms with Gasteiger partial charge < -0.3 is 5.48 Å². The minimum Gasteiger partial charge on any atom is -2.00 e. The molecule has 0 amide bonds. The van der Waals surface area contributed by atoms with E-state index in [2.05, 4.69) is 0 Å². The maximum absolute atomic E-state index is 9.56. The summed E-state index contributed by atoms with van der Waals surface area (Å²) in [5, 5.41) is 0. The molecule has 2 nitrogen and oxygen atoms in total. The van der Waals surface area contributed by atoms with E-state index in [1.165, 1.54) is 0 Å². The van der Waals surface area contributed by atoms with Gasteiger partial charge in [-0.3, -0.25) is 4.21 Å². The summed E-state index contributed by atoms with van der Waals surface area (Å²) >= 11 is 0. The summed E-state index contributed by atoms with van der Waals surface area (Å²) in [5.74, 6) is 0. The Labute approximate surface area is 70.1 Å². The van der Waals surface area contributed by atoms with Gasteiger partial charge in [0.05, 0.1) is 0 Å². The Hall–Kier alpha value is 1.37. The first-order valence-electron chi connectivity index (χ1n) is 0.983. The molecule has 0 aromatic rings. The molecule has 0 aliphatic rings. The Bertz CT molecular complexity index is 34.5. The second-order valence-corrected chi connectivity index (χ2v) is 2.22. The zero-order valence-corrected chi connectivity index (χ0v) is 6.96. The minimum atomic E-state index is -0.611. The van der Waals surface area contributed by atoms with Gasteiger partial charge in [-0.15, -0.1) is 0 Å². The second-order valence-electron chi connectivity index (χ2n) is 0.742. The van der Waals surface area contributed by atoms with Crippen molar-refractivity contribution in [3.8, 4) is 0 Å². The van der Waals surface area contributed by atoms with Crippen molar-refractivity contribution in [2.45, 2.75) is 0 Å². The van der Waals surface area contributed by atoms with Crippen molar-refractivity contribution in [1.82, 2.24) is 0 Å². The molecule has 0 saturated heterocycles. The molecule has 34 valence electrons. The third-order valence-electron chi connectivity index (χ3n) is 0. The molecule has 0 radical (unpaired) electrons. The molecular formula is C2H6CaO2S. The average Bonchev–Trinajstić information content (AvgIpc) is 0.811. The van der Waals surface area contributed by atoms with E-state index < -0.39 is 10.8 Å². The molecule has 6 heavy (non-hydrogen) atoms. The fourth-order valence-corrected chi connectivity index (χ4v) is 0. The summed E-state index contributed by atoms with van der Waals surface area (Å²) < 4.78 is 9.56. The first-order valence-corrected chi connectivity index (χ1v) is 2.95. The van der Waals surface area contributed by atoms with Gasteiger partial charge in [0.1, 0.15) is 0 Å². The predicted molar refractivity (Wildman–Crippen MR) is 26.4 cm³/mol. The Kier molecular flexibility index (Phi) is 25.1. The van der Waals surface area contributed by atoms with Crippen LogP contribution in [-0.2, 0) is 16.3 Å². The van der Waals surface area contributed by atoms with Crippen LogP contribution < -0.4 is 0 Å². The van der Waals surface area contributed by atoms with Crippen LogP contribution in [-0.4, -0.2) is 54.5 Å². The Morgan fingerprint density at radius 1 is 1.33 bits per heavy atom. The normalized spacial score (nSPS) is 5.83. The second kappa shape index (κ2) is 9.62. The van der Waals surface area contributed by atoms with E-state index >= 15 is 0 Å². The fourth-order valence-electron chi connectivity index (χ4n) is 0. The molecule has 0 spiro atoms. The van der Waals surface area contributed by atoms with Crippen LogP contribution in [0.5, 0.6) is 0 Å².